The molecule has 17 heavy (non-hydrogen) atoms. The van der Waals surface area contributed by atoms with E-state index in [1.807, 2.05) is 0 Å². The largest absolute Gasteiger partial charge is 0.329 e. The summed E-state index contributed by atoms with van der Waals surface area (Å²) in [5.74, 6) is 1.61. The number of rotatable bonds is 4. The third kappa shape index (κ3) is 3.96. The van der Waals surface area contributed by atoms with Crippen LogP contribution >= 0.6 is 0 Å². The van der Waals surface area contributed by atoms with Gasteiger partial charge in [0, 0.05) is 12.6 Å². The number of nitrogens with zero attached hydrogens (tertiary/aromatic N) is 1. The third-order valence-corrected chi connectivity index (χ3v) is 4.77. The molecule has 0 saturated carbocycles. The van der Waals surface area contributed by atoms with Crippen LogP contribution in [0.15, 0.2) is 0 Å². The second kappa shape index (κ2) is 6.19. The summed E-state index contributed by atoms with van der Waals surface area (Å²) in [5, 5.41) is 0. The van der Waals surface area contributed by atoms with Crippen molar-refractivity contribution in [1.82, 2.24) is 4.90 Å². The molecule has 0 aromatic carbocycles. The lowest BCUT2D eigenvalue weighted by Crippen LogP contribution is -2.49. The van der Waals surface area contributed by atoms with Gasteiger partial charge in [0.05, 0.1) is 0 Å². The van der Waals surface area contributed by atoms with E-state index in [4.69, 9.17) is 5.73 Å². The first-order valence-electron chi connectivity index (χ1n) is 7.34. The lowest BCUT2D eigenvalue weighted by molar-refractivity contribution is 0.0652. The van der Waals surface area contributed by atoms with Gasteiger partial charge < -0.3 is 5.73 Å². The van der Waals surface area contributed by atoms with E-state index in [0.717, 1.165) is 18.4 Å². The van der Waals surface area contributed by atoms with Crippen molar-refractivity contribution in [2.45, 2.75) is 59.9 Å². The van der Waals surface area contributed by atoms with E-state index in [0.29, 0.717) is 11.5 Å². The van der Waals surface area contributed by atoms with Gasteiger partial charge in [0.2, 0.25) is 0 Å². The molecule has 1 aliphatic heterocycles. The fourth-order valence-corrected chi connectivity index (χ4v) is 3.11. The number of likely N-dealkylation sites (tertiary alicyclic amines) is 1. The van der Waals surface area contributed by atoms with Gasteiger partial charge in [0.15, 0.2) is 0 Å². The summed E-state index contributed by atoms with van der Waals surface area (Å²) >= 11 is 0. The van der Waals surface area contributed by atoms with Gasteiger partial charge in [-0.2, -0.15) is 0 Å². The molecule has 1 aliphatic rings. The molecule has 1 fully saturated rings. The Morgan fingerprint density at radius 3 is 2.12 bits per heavy atom. The van der Waals surface area contributed by atoms with Crippen molar-refractivity contribution in [1.29, 1.82) is 0 Å². The molecule has 0 aromatic heterocycles. The summed E-state index contributed by atoms with van der Waals surface area (Å²) in [6, 6.07) is 0.598. The summed E-state index contributed by atoms with van der Waals surface area (Å²) in [4.78, 5) is 2.64. The molecule has 2 unspecified atom stereocenters. The van der Waals surface area contributed by atoms with Crippen LogP contribution in [0, 0.1) is 17.3 Å². The highest BCUT2D eigenvalue weighted by atomic mass is 15.2. The van der Waals surface area contributed by atoms with E-state index in [2.05, 4.69) is 39.5 Å². The predicted molar refractivity (Wildman–Crippen MR) is 76.0 cm³/mol. The zero-order valence-corrected chi connectivity index (χ0v) is 12.5. The highest BCUT2D eigenvalue weighted by Crippen LogP contribution is 2.35. The summed E-state index contributed by atoms with van der Waals surface area (Å²) in [6.45, 7) is 15.0. The van der Waals surface area contributed by atoms with Gasteiger partial charge in [-0.05, 0) is 43.2 Å². The molecular weight excluding hydrogens is 208 g/mol. The minimum absolute atomic E-state index is 0.473. The summed E-state index contributed by atoms with van der Waals surface area (Å²) in [7, 11) is 0. The third-order valence-electron chi connectivity index (χ3n) is 4.77. The molecule has 2 heteroatoms. The number of nitrogens with two attached hydrogens (primary N) is 1. The Labute approximate surface area is 108 Å². The van der Waals surface area contributed by atoms with Crippen LogP contribution in [-0.4, -0.2) is 30.6 Å². The molecule has 2 atom stereocenters. The standard InChI is InChI=1S/C15H32N2/c1-6-12(2)14(11-16)17-9-7-13(8-10-17)15(3,4)5/h12-14H,6-11,16H2,1-5H3. The molecule has 0 spiro atoms. The van der Waals surface area contributed by atoms with Crippen molar-refractivity contribution >= 4 is 0 Å². The van der Waals surface area contributed by atoms with Crippen LogP contribution in [0.1, 0.15) is 53.9 Å². The van der Waals surface area contributed by atoms with Crippen molar-refractivity contribution < 1.29 is 0 Å². The Balaban J connectivity index is 2.50. The highest BCUT2D eigenvalue weighted by Gasteiger charge is 2.32. The Bertz CT molecular complexity index is 211. The minimum atomic E-state index is 0.473. The predicted octanol–water partition coefficient (Wildman–Crippen LogP) is 3.12. The second-order valence-corrected chi connectivity index (χ2v) is 6.86. The van der Waals surface area contributed by atoms with Crippen LogP contribution in [-0.2, 0) is 0 Å². The molecule has 0 radical (unpaired) electrons. The Hall–Kier alpha value is -0.0800. The normalized spacial score (nSPS) is 23.6. The quantitative estimate of drug-likeness (QED) is 0.818. The molecule has 2 nitrogen and oxygen atoms in total. The molecule has 0 bridgehead atoms. The molecule has 102 valence electrons. The summed E-state index contributed by atoms with van der Waals surface area (Å²) < 4.78 is 0. The van der Waals surface area contributed by atoms with Gasteiger partial charge in [-0.3, -0.25) is 4.90 Å². The molecule has 0 amide bonds. The lowest BCUT2D eigenvalue weighted by Gasteiger charge is -2.43. The van der Waals surface area contributed by atoms with Gasteiger partial charge in [0.25, 0.3) is 0 Å². The number of hydrogen-bond acceptors (Lipinski definition) is 2. The van der Waals surface area contributed by atoms with Crippen molar-refractivity contribution in [3.63, 3.8) is 0 Å². The van der Waals surface area contributed by atoms with Gasteiger partial charge in [0.1, 0.15) is 0 Å². The molecule has 1 saturated heterocycles. The maximum atomic E-state index is 5.96. The van der Waals surface area contributed by atoms with Gasteiger partial charge in [-0.1, -0.05) is 41.0 Å². The number of piperidine rings is 1. The molecule has 1 rings (SSSR count). The van der Waals surface area contributed by atoms with Crippen molar-refractivity contribution in [3.8, 4) is 0 Å². The minimum Gasteiger partial charge on any atom is -0.329 e. The maximum Gasteiger partial charge on any atom is 0.0243 e. The second-order valence-electron chi connectivity index (χ2n) is 6.86. The van der Waals surface area contributed by atoms with Gasteiger partial charge in [-0.25, -0.2) is 0 Å². The van der Waals surface area contributed by atoms with Gasteiger partial charge in [-0.15, -0.1) is 0 Å². The van der Waals surface area contributed by atoms with Crippen LogP contribution < -0.4 is 5.73 Å². The van der Waals surface area contributed by atoms with E-state index in [1.165, 1.54) is 32.4 Å². The molecule has 0 aromatic rings. The first kappa shape index (κ1) is 15.0. The SMILES string of the molecule is CCC(C)C(CN)N1CCC(C(C)(C)C)CC1. The van der Waals surface area contributed by atoms with Crippen molar-refractivity contribution in [3.05, 3.63) is 0 Å². The monoisotopic (exact) mass is 240 g/mol. The zero-order chi connectivity index (χ0) is 13.1. The molecule has 0 aliphatic carbocycles. The fourth-order valence-electron chi connectivity index (χ4n) is 3.11. The van der Waals surface area contributed by atoms with Crippen molar-refractivity contribution in [2.75, 3.05) is 19.6 Å². The van der Waals surface area contributed by atoms with Crippen molar-refractivity contribution in [2.24, 2.45) is 23.0 Å². The summed E-state index contributed by atoms with van der Waals surface area (Å²) in [5.41, 5.74) is 6.43. The maximum absolute atomic E-state index is 5.96. The topological polar surface area (TPSA) is 29.3 Å². The van der Waals surface area contributed by atoms with Gasteiger partial charge >= 0.3 is 0 Å². The van der Waals surface area contributed by atoms with E-state index in [9.17, 15) is 0 Å². The lowest BCUT2D eigenvalue weighted by atomic mass is 9.75. The molecule has 1 heterocycles. The van der Waals surface area contributed by atoms with E-state index in [-0.39, 0.29) is 0 Å². The number of hydrogen-bond donors (Lipinski definition) is 1. The van der Waals surface area contributed by atoms with Crippen LogP contribution in [0.2, 0.25) is 0 Å². The first-order chi connectivity index (χ1) is 7.90. The van der Waals surface area contributed by atoms with Crippen LogP contribution in [0.5, 0.6) is 0 Å². The fraction of sp³-hybridized carbons (Fsp3) is 1.00. The smallest absolute Gasteiger partial charge is 0.0243 e. The summed E-state index contributed by atoms with van der Waals surface area (Å²) in [6.07, 6.45) is 3.92. The van der Waals surface area contributed by atoms with E-state index in [1.54, 1.807) is 0 Å². The van der Waals surface area contributed by atoms with Crippen LogP contribution in [0.4, 0.5) is 0 Å². The van der Waals surface area contributed by atoms with E-state index < -0.39 is 0 Å². The average Bonchev–Trinajstić information content (AvgIpc) is 2.29. The average molecular weight is 240 g/mol. The zero-order valence-electron chi connectivity index (χ0n) is 12.5. The van der Waals surface area contributed by atoms with Crippen LogP contribution in [0.3, 0.4) is 0 Å². The van der Waals surface area contributed by atoms with Crippen LogP contribution in [0.25, 0.3) is 0 Å². The Kier molecular flexibility index (Phi) is 5.46. The Morgan fingerprint density at radius 1 is 1.24 bits per heavy atom. The highest BCUT2D eigenvalue weighted by molar-refractivity contribution is 4.85. The first-order valence-corrected chi connectivity index (χ1v) is 7.34. The molecule has 2 N–H and O–H groups in total. The Morgan fingerprint density at radius 2 is 1.76 bits per heavy atom. The van der Waals surface area contributed by atoms with E-state index >= 15 is 0 Å². The molecular formula is C15H32N2.